The van der Waals surface area contributed by atoms with Crippen LogP contribution in [0.5, 0.6) is 0 Å². The SMILES string of the molecule is Cc1noc(-c2cc(-c3cc(S(=O)(=O)N[C@H]4C[C@@H](O)C4)ccc3C)cnc2N)n1. The molecule has 4 N–H and O–H groups in total. The number of hydrogen-bond acceptors (Lipinski definition) is 8. The number of nitrogens with zero attached hydrogens (tertiary/aromatic N) is 3. The first kappa shape index (κ1) is 19.5. The van der Waals surface area contributed by atoms with Crippen LogP contribution in [0, 0.1) is 13.8 Å². The molecule has 0 unspecified atom stereocenters. The number of anilines is 1. The Hall–Kier alpha value is -2.82. The minimum absolute atomic E-state index is 0.145. The van der Waals surface area contributed by atoms with Crippen molar-refractivity contribution in [3.05, 3.63) is 41.9 Å². The molecular weight excluding hydrogens is 394 g/mol. The van der Waals surface area contributed by atoms with Crippen LogP contribution in [0.3, 0.4) is 0 Å². The molecule has 10 heteroatoms. The Bertz CT molecular complexity index is 1170. The Morgan fingerprint density at radius 1 is 1.21 bits per heavy atom. The predicted molar refractivity (Wildman–Crippen MR) is 106 cm³/mol. The topological polar surface area (TPSA) is 144 Å². The molecule has 9 nitrogen and oxygen atoms in total. The van der Waals surface area contributed by atoms with Crippen LogP contribution in [0.2, 0.25) is 0 Å². The maximum atomic E-state index is 12.7. The van der Waals surface area contributed by atoms with Gasteiger partial charge in [-0.15, -0.1) is 0 Å². The van der Waals surface area contributed by atoms with Crippen molar-refractivity contribution in [3.63, 3.8) is 0 Å². The number of nitrogen functional groups attached to an aromatic ring is 1. The minimum Gasteiger partial charge on any atom is -0.393 e. The molecule has 2 heterocycles. The van der Waals surface area contributed by atoms with E-state index >= 15 is 0 Å². The van der Waals surface area contributed by atoms with E-state index in [0.717, 1.165) is 5.56 Å². The molecule has 0 amide bonds. The summed E-state index contributed by atoms with van der Waals surface area (Å²) in [7, 11) is -3.71. The fraction of sp³-hybridized carbons (Fsp3) is 0.316. The quantitative estimate of drug-likeness (QED) is 0.572. The standard InChI is InChI=1S/C19H21N5O4S/c1-10-3-4-15(29(26,27)24-13-6-14(25)7-13)8-16(10)12-5-17(18(20)21-9-12)19-22-11(2)23-28-19/h3-5,8-9,13-14,24-25H,6-7H2,1-2H3,(H2,20,21)/t13-,14+. The van der Waals surface area contributed by atoms with Crippen LogP contribution in [-0.2, 0) is 10.0 Å². The number of nitrogens with two attached hydrogens (primary N) is 1. The van der Waals surface area contributed by atoms with Gasteiger partial charge in [0.1, 0.15) is 5.82 Å². The number of aliphatic hydroxyl groups is 1. The summed E-state index contributed by atoms with van der Waals surface area (Å²) >= 11 is 0. The fourth-order valence-corrected chi connectivity index (χ4v) is 4.54. The second kappa shape index (κ2) is 7.21. The van der Waals surface area contributed by atoms with Gasteiger partial charge in [0.05, 0.1) is 16.6 Å². The molecule has 0 bridgehead atoms. The lowest BCUT2D eigenvalue weighted by Gasteiger charge is -2.31. The van der Waals surface area contributed by atoms with Gasteiger partial charge in [-0.05, 0) is 56.0 Å². The summed E-state index contributed by atoms with van der Waals surface area (Å²) in [6.45, 7) is 3.58. The maximum Gasteiger partial charge on any atom is 0.261 e. The van der Waals surface area contributed by atoms with Crippen molar-refractivity contribution < 1.29 is 18.0 Å². The molecule has 1 aliphatic rings. The average molecular weight is 415 g/mol. The average Bonchev–Trinajstić information content (AvgIpc) is 3.07. The molecule has 1 aliphatic carbocycles. The zero-order valence-corrected chi connectivity index (χ0v) is 16.8. The molecule has 152 valence electrons. The number of nitrogens with one attached hydrogen (secondary N) is 1. The molecule has 0 aliphatic heterocycles. The van der Waals surface area contributed by atoms with E-state index in [1.807, 2.05) is 6.92 Å². The summed E-state index contributed by atoms with van der Waals surface area (Å²) in [5, 5.41) is 13.2. The third kappa shape index (κ3) is 3.86. The van der Waals surface area contributed by atoms with Crippen LogP contribution >= 0.6 is 0 Å². The van der Waals surface area contributed by atoms with E-state index in [0.29, 0.717) is 35.4 Å². The van der Waals surface area contributed by atoms with Gasteiger partial charge >= 0.3 is 0 Å². The van der Waals surface area contributed by atoms with Gasteiger partial charge in [-0.3, -0.25) is 0 Å². The molecular formula is C19H21N5O4S. The van der Waals surface area contributed by atoms with Gasteiger partial charge in [0, 0.05) is 17.8 Å². The molecule has 0 atom stereocenters. The van der Waals surface area contributed by atoms with Gasteiger partial charge < -0.3 is 15.4 Å². The lowest BCUT2D eigenvalue weighted by molar-refractivity contribution is 0.0712. The summed E-state index contributed by atoms with van der Waals surface area (Å²) in [6, 6.07) is 6.41. The van der Waals surface area contributed by atoms with Gasteiger partial charge in [0.2, 0.25) is 10.0 Å². The van der Waals surface area contributed by atoms with Gasteiger partial charge in [-0.25, -0.2) is 18.1 Å². The van der Waals surface area contributed by atoms with Crippen LogP contribution in [0.4, 0.5) is 5.82 Å². The van der Waals surface area contributed by atoms with Gasteiger partial charge in [0.15, 0.2) is 5.82 Å². The first-order valence-corrected chi connectivity index (χ1v) is 10.6. The van der Waals surface area contributed by atoms with Crippen LogP contribution in [0.15, 0.2) is 39.9 Å². The third-order valence-electron chi connectivity index (χ3n) is 4.94. The van der Waals surface area contributed by atoms with E-state index in [4.69, 9.17) is 10.3 Å². The van der Waals surface area contributed by atoms with Gasteiger partial charge in [0.25, 0.3) is 5.89 Å². The highest BCUT2D eigenvalue weighted by molar-refractivity contribution is 7.89. The van der Waals surface area contributed by atoms with Crippen LogP contribution in [0.25, 0.3) is 22.6 Å². The predicted octanol–water partition coefficient (Wildman–Crippen LogP) is 1.80. The van der Waals surface area contributed by atoms with E-state index in [9.17, 15) is 13.5 Å². The lowest BCUT2D eigenvalue weighted by atomic mass is 9.91. The number of sulfonamides is 1. The molecule has 1 aromatic carbocycles. The molecule has 29 heavy (non-hydrogen) atoms. The van der Waals surface area contributed by atoms with Crippen molar-refractivity contribution in [1.29, 1.82) is 0 Å². The molecule has 0 saturated heterocycles. The molecule has 2 aromatic heterocycles. The first-order valence-electron chi connectivity index (χ1n) is 9.10. The van der Waals surface area contributed by atoms with Crippen molar-refractivity contribution in [2.45, 2.75) is 43.7 Å². The van der Waals surface area contributed by atoms with Crippen molar-refractivity contribution in [2.24, 2.45) is 0 Å². The van der Waals surface area contributed by atoms with Crippen LogP contribution < -0.4 is 10.5 Å². The van der Waals surface area contributed by atoms with Gasteiger partial charge in [-0.1, -0.05) is 11.2 Å². The maximum absolute atomic E-state index is 12.7. The molecule has 0 spiro atoms. The van der Waals surface area contributed by atoms with E-state index in [2.05, 4.69) is 19.8 Å². The molecule has 0 radical (unpaired) electrons. The summed E-state index contributed by atoms with van der Waals surface area (Å²) < 4.78 is 33.3. The smallest absolute Gasteiger partial charge is 0.261 e. The zero-order chi connectivity index (χ0) is 20.8. The number of aryl methyl sites for hydroxylation is 2. The Kier molecular flexibility index (Phi) is 4.85. The second-order valence-electron chi connectivity index (χ2n) is 7.22. The highest BCUT2D eigenvalue weighted by Crippen LogP contribution is 2.32. The zero-order valence-electron chi connectivity index (χ0n) is 16.0. The molecule has 4 rings (SSSR count). The van der Waals surface area contributed by atoms with E-state index in [1.165, 1.54) is 0 Å². The summed E-state index contributed by atoms with van der Waals surface area (Å²) in [5.74, 6) is 0.964. The number of benzene rings is 1. The Morgan fingerprint density at radius 2 is 1.97 bits per heavy atom. The summed E-state index contributed by atoms with van der Waals surface area (Å²) in [5.41, 5.74) is 8.71. The van der Waals surface area contributed by atoms with Gasteiger partial charge in [-0.2, -0.15) is 4.98 Å². The van der Waals surface area contributed by atoms with Crippen molar-refractivity contribution >= 4 is 15.8 Å². The number of aliphatic hydroxyl groups excluding tert-OH is 1. The second-order valence-corrected chi connectivity index (χ2v) is 8.94. The largest absolute Gasteiger partial charge is 0.393 e. The lowest BCUT2D eigenvalue weighted by Crippen LogP contribution is -2.46. The van der Waals surface area contributed by atoms with E-state index in [1.54, 1.807) is 37.4 Å². The monoisotopic (exact) mass is 415 g/mol. The van der Waals surface area contributed by atoms with Crippen molar-refractivity contribution in [2.75, 3.05) is 5.73 Å². The summed E-state index contributed by atoms with van der Waals surface area (Å²) in [6.07, 6.45) is 1.99. The van der Waals surface area contributed by atoms with Crippen molar-refractivity contribution in [1.82, 2.24) is 19.8 Å². The van der Waals surface area contributed by atoms with Crippen molar-refractivity contribution in [3.8, 4) is 22.6 Å². The minimum atomic E-state index is -3.71. The Morgan fingerprint density at radius 3 is 2.62 bits per heavy atom. The Labute approximate surface area is 168 Å². The highest BCUT2D eigenvalue weighted by Gasteiger charge is 2.31. The molecule has 1 fully saturated rings. The van der Waals surface area contributed by atoms with Crippen LogP contribution in [-0.4, -0.2) is 40.8 Å². The number of hydrogen-bond donors (Lipinski definition) is 3. The molecule has 1 saturated carbocycles. The van der Waals surface area contributed by atoms with Crippen LogP contribution in [0.1, 0.15) is 24.2 Å². The fourth-order valence-electron chi connectivity index (χ4n) is 3.25. The Balaban J connectivity index is 1.71. The van der Waals surface area contributed by atoms with E-state index < -0.39 is 16.1 Å². The number of pyridine rings is 1. The third-order valence-corrected chi connectivity index (χ3v) is 6.46. The number of rotatable bonds is 5. The highest BCUT2D eigenvalue weighted by atomic mass is 32.2. The molecule has 3 aromatic rings. The van der Waals surface area contributed by atoms with E-state index in [-0.39, 0.29) is 22.6 Å². The normalized spacial score (nSPS) is 19.1. The number of aromatic nitrogens is 3. The first-order chi connectivity index (χ1) is 13.7. The summed E-state index contributed by atoms with van der Waals surface area (Å²) in [4.78, 5) is 8.54.